The number of esters is 1. The number of allylic oxidation sites excluding steroid dienone is 17. The van der Waals surface area contributed by atoms with Crippen LogP contribution in [0.25, 0.3) is 0 Å². The van der Waals surface area contributed by atoms with Gasteiger partial charge in [-0.2, -0.15) is 0 Å². The van der Waals surface area contributed by atoms with Gasteiger partial charge in [-0.25, -0.2) is 0 Å². The molecule has 0 saturated heterocycles. The number of unbranched alkanes of at least 4 members (excludes halogenated alkanes) is 19. The van der Waals surface area contributed by atoms with Crippen LogP contribution < -0.4 is 5.32 Å². The molecule has 1 amide bonds. The van der Waals surface area contributed by atoms with Crippen molar-refractivity contribution in [1.29, 1.82) is 0 Å². The normalized spacial score (nSPS) is 14.1. The second-order valence-electron chi connectivity index (χ2n) is 17.9. The van der Waals surface area contributed by atoms with E-state index < -0.39 is 18.2 Å². The van der Waals surface area contributed by atoms with Crippen LogP contribution in [0.1, 0.15) is 233 Å². The zero-order valence-electron chi connectivity index (χ0n) is 42.8. The molecule has 0 rings (SSSR count). The zero-order chi connectivity index (χ0) is 48.1. The standard InChI is InChI=1S/C60H101NO5/c1-4-7-10-13-16-19-22-25-28-29-30-31-32-35-38-41-44-47-50-53-60(65)66-56(51-48-45-42-39-36-33-26-23-20-17-14-11-8-5-2)54-59(64)61-57(55-62)58(63)52-49-46-43-40-37-34-27-24-21-18-15-12-9-6-3/h8,11,16-17,19-20,25-26,28,30-31,33,35,38-39,42,48,51,56-58,62-63H,4-7,9-10,12-15,18,21-24,27,29,32,34,36-37,40-41,43-47,49-50,52-55H2,1-3H3,(H,61,64)/b11-8+,19-16-,20-17+,28-25-,31-30-,33-26+,38-35-,42-39+,51-48+. The summed E-state index contributed by atoms with van der Waals surface area (Å²) in [6.07, 6.45) is 71.8. The smallest absolute Gasteiger partial charge is 0.306 e. The number of amides is 1. The summed E-state index contributed by atoms with van der Waals surface area (Å²) >= 11 is 0. The Balaban J connectivity index is 4.76. The first-order valence-electron chi connectivity index (χ1n) is 27.1. The highest BCUT2D eigenvalue weighted by Crippen LogP contribution is 2.15. The van der Waals surface area contributed by atoms with E-state index in [1.54, 1.807) is 6.08 Å². The molecule has 376 valence electrons. The van der Waals surface area contributed by atoms with Gasteiger partial charge in [0.15, 0.2) is 0 Å². The highest BCUT2D eigenvalue weighted by atomic mass is 16.5. The molecule has 6 heteroatoms. The molecule has 0 aliphatic carbocycles. The summed E-state index contributed by atoms with van der Waals surface area (Å²) in [4.78, 5) is 26.1. The first kappa shape index (κ1) is 62.5. The lowest BCUT2D eigenvalue weighted by atomic mass is 10.0. The highest BCUT2D eigenvalue weighted by molar-refractivity contribution is 5.78. The van der Waals surface area contributed by atoms with Crippen LogP contribution >= 0.6 is 0 Å². The number of ether oxygens (including phenoxy) is 1. The van der Waals surface area contributed by atoms with Gasteiger partial charge < -0.3 is 20.3 Å². The van der Waals surface area contributed by atoms with Gasteiger partial charge >= 0.3 is 5.97 Å². The van der Waals surface area contributed by atoms with Crippen molar-refractivity contribution in [3.8, 4) is 0 Å². The molecule has 3 N–H and O–H groups in total. The third kappa shape index (κ3) is 47.0. The Hall–Kier alpha value is -3.48. The second-order valence-corrected chi connectivity index (χ2v) is 17.9. The maximum absolute atomic E-state index is 13.2. The number of aliphatic hydroxyl groups excluding tert-OH is 2. The molecule has 0 fully saturated rings. The number of hydrogen-bond acceptors (Lipinski definition) is 5. The van der Waals surface area contributed by atoms with Crippen molar-refractivity contribution in [2.75, 3.05) is 6.61 Å². The summed E-state index contributed by atoms with van der Waals surface area (Å²) in [5, 5.41) is 23.7. The lowest BCUT2D eigenvalue weighted by Gasteiger charge is -2.23. The van der Waals surface area contributed by atoms with Crippen LogP contribution in [0, 0.1) is 0 Å². The number of carbonyl (C=O) groups is 2. The number of nitrogens with one attached hydrogen (secondary N) is 1. The molecule has 0 bridgehead atoms. The fourth-order valence-electron chi connectivity index (χ4n) is 7.49. The summed E-state index contributed by atoms with van der Waals surface area (Å²) in [5.74, 6) is -0.672. The summed E-state index contributed by atoms with van der Waals surface area (Å²) in [7, 11) is 0. The molecule has 0 aromatic carbocycles. The van der Waals surface area contributed by atoms with Crippen molar-refractivity contribution in [3.05, 3.63) is 109 Å². The van der Waals surface area contributed by atoms with Gasteiger partial charge in [0.1, 0.15) is 6.10 Å². The molecule has 0 heterocycles. The third-order valence-electron chi connectivity index (χ3n) is 11.6. The molecular weight excluding hydrogens is 815 g/mol. The van der Waals surface area contributed by atoms with Gasteiger partial charge in [0.2, 0.25) is 5.91 Å². The van der Waals surface area contributed by atoms with E-state index >= 15 is 0 Å². The second kappa shape index (κ2) is 52.5. The van der Waals surface area contributed by atoms with E-state index in [0.717, 1.165) is 89.9 Å². The summed E-state index contributed by atoms with van der Waals surface area (Å²) in [6, 6.07) is -0.756. The Morgan fingerprint density at radius 3 is 1.30 bits per heavy atom. The highest BCUT2D eigenvalue weighted by Gasteiger charge is 2.23. The van der Waals surface area contributed by atoms with Gasteiger partial charge in [-0.3, -0.25) is 9.59 Å². The minimum absolute atomic E-state index is 0.0649. The van der Waals surface area contributed by atoms with Crippen LogP contribution in [-0.2, 0) is 14.3 Å². The van der Waals surface area contributed by atoms with E-state index in [2.05, 4.69) is 123 Å². The van der Waals surface area contributed by atoms with Crippen LogP contribution in [-0.4, -0.2) is 46.9 Å². The monoisotopic (exact) mass is 916 g/mol. The van der Waals surface area contributed by atoms with Crippen LogP contribution in [0.15, 0.2) is 109 Å². The molecule has 0 aromatic rings. The largest absolute Gasteiger partial charge is 0.458 e. The first-order chi connectivity index (χ1) is 32.5. The van der Waals surface area contributed by atoms with Gasteiger partial charge in [0, 0.05) is 6.42 Å². The Morgan fingerprint density at radius 1 is 0.470 bits per heavy atom. The van der Waals surface area contributed by atoms with Crippen LogP contribution in [0.3, 0.4) is 0 Å². The average Bonchev–Trinajstić information content (AvgIpc) is 3.31. The number of carbonyl (C=O) groups excluding carboxylic acids is 2. The molecule has 0 saturated carbocycles. The predicted octanol–water partition coefficient (Wildman–Crippen LogP) is 16.7. The fourth-order valence-corrected chi connectivity index (χ4v) is 7.49. The summed E-state index contributed by atoms with van der Waals surface area (Å²) in [6.45, 7) is 6.29. The van der Waals surface area contributed by atoms with Crippen molar-refractivity contribution in [1.82, 2.24) is 5.32 Å². The van der Waals surface area contributed by atoms with Crippen LogP contribution in [0.2, 0.25) is 0 Å². The van der Waals surface area contributed by atoms with E-state index in [0.29, 0.717) is 19.3 Å². The van der Waals surface area contributed by atoms with Crippen molar-refractivity contribution >= 4 is 11.9 Å². The molecule has 0 aromatic heterocycles. The maximum atomic E-state index is 13.2. The van der Waals surface area contributed by atoms with E-state index in [1.165, 1.54) is 96.3 Å². The minimum Gasteiger partial charge on any atom is -0.458 e. The lowest BCUT2D eigenvalue weighted by molar-refractivity contribution is -0.148. The quantitative estimate of drug-likeness (QED) is 0.0321. The van der Waals surface area contributed by atoms with Crippen molar-refractivity contribution < 1.29 is 24.5 Å². The third-order valence-corrected chi connectivity index (χ3v) is 11.6. The molecule has 3 unspecified atom stereocenters. The molecule has 6 nitrogen and oxygen atoms in total. The van der Waals surface area contributed by atoms with Gasteiger partial charge in [-0.05, 0) is 96.0 Å². The maximum Gasteiger partial charge on any atom is 0.306 e. The molecule has 3 atom stereocenters. The van der Waals surface area contributed by atoms with Gasteiger partial charge in [-0.1, -0.05) is 233 Å². The summed E-state index contributed by atoms with van der Waals surface area (Å²) in [5.41, 5.74) is 0. The number of aliphatic hydroxyl groups is 2. The Bertz CT molecular complexity index is 1350. The fraction of sp³-hybridized carbons (Fsp3) is 0.667. The SMILES string of the molecule is CC/C=C/C/C=C/C/C=C/C/C=C/C/C=C/C(CC(=O)NC(CO)C(O)CCCCCCCCCCCCCCCC)OC(=O)CCCCC/C=C\C/C=C\C/C=C\C/C=C\CCCCC. The summed E-state index contributed by atoms with van der Waals surface area (Å²) < 4.78 is 5.82. The average molecular weight is 916 g/mol. The topological polar surface area (TPSA) is 95.9 Å². The number of hydrogen-bond donors (Lipinski definition) is 3. The van der Waals surface area contributed by atoms with Gasteiger partial charge in [0.05, 0.1) is 25.2 Å². The van der Waals surface area contributed by atoms with Gasteiger partial charge in [-0.15, -0.1) is 0 Å². The predicted molar refractivity (Wildman–Crippen MR) is 287 cm³/mol. The molecule has 0 spiro atoms. The first-order valence-corrected chi connectivity index (χ1v) is 27.1. The van der Waals surface area contributed by atoms with Crippen molar-refractivity contribution in [2.24, 2.45) is 0 Å². The van der Waals surface area contributed by atoms with E-state index in [1.807, 2.05) is 6.08 Å². The van der Waals surface area contributed by atoms with E-state index in [9.17, 15) is 19.8 Å². The molecule has 0 aliphatic heterocycles. The zero-order valence-corrected chi connectivity index (χ0v) is 42.8. The lowest BCUT2D eigenvalue weighted by Crippen LogP contribution is -2.46. The van der Waals surface area contributed by atoms with Gasteiger partial charge in [0.25, 0.3) is 0 Å². The van der Waals surface area contributed by atoms with E-state index in [4.69, 9.17) is 4.74 Å². The molecule has 66 heavy (non-hydrogen) atoms. The molecule has 0 radical (unpaired) electrons. The Kier molecular flexibility index (Phi) is 49.7. The van der Waals surface area contributed by atoms with Crippen molar-refractivity contribution in [2.45, 2.75) is 251 Å². The minimum atomic E-state index is -0.831. The molecule has 0 aliphatic rings. The Labute approximate surface area is 407 Å². The van der Waals surface area contributed by atoms with Crippen LogP contribution in [0.4, 0.5) is 0 Å². The molecular formula is C60H101NO5. The van der Waals surface area contributed by atoms with Crippen molar-refractivity contribution in [3.63, 3.8) is 0 Å². The Morgan fingerprint density at radius 2 is 0.848 bits per heavy atom. The van der Waals surface area contributed by atoms with E-state index in [-0.39, 0.29) is 24.9 Å². The number of rotatable bonds is 47. The van der Waals surface area contributed by atoms with Crippen LogP contribution in [0.5, 0.6) is 0 Å².